The molecule has 280 valence electrons. The molecule has 11 heteroatoms. The van der Waals surface area contributed by atoms with Crippen LogP contribution in [-0.4, -0.2) is 35.8 Å². The average Bonchev–Trinajstić information content (AvgIpc) is 3.18. The van der Waals surface area contributed by atoms with Gasteiger partial charge in [-0.2, -0.15) is 0 Å². The number of hydrogen-bond donors (Lipinski definition) is 3. The van der Waals surface area contributed by atoms with Crippen LogP contribution in [0.2, 0.25) is 0 Å². The van der Waals surface area contributed by atoms with Crippen LogP contribution in [0.4, 0.5) is 4.79 Å². The Balaban J connectivity index is 1.41. The second-order valence-corrected chi connectivity index (χ2v) is 15.3. The Labute approximate surface area is 316 Å². The predicted octanol–water partition coefficient (Wildman–Crippen LogP) is 8.09. The Morgan fingerprint density at radius 3 is 1.44 bits per heavy atom. The molecule has 5 rings (SSSR count). The van der Waals surface area contributed by atoms with Gasteiger partial charge in [-0.1, -0.05) is 141 Å². The van der Waals surface area contributed by atoms with Crippen molar-refractivity contribution in [3.05, 3.63) is 168 Å². The van der Waals surface area contributed by atoms with Gasteiger partial charge in [0.25, 0.3) is 0 Å². The van der Waals surface area contributed by atoms with Crippen molar-refractivity contribution >= 4 is 25.5 Å². The standard InChI is InChI=1S/C43H46N3O7P/c1-32(2)28-38(44-41(47)39(29-33-18-8-3-9-19-33)45-43(49)51-31-35-22-12-5-13-23-35)42(48)46-40(30-34-20-10-4-11-21-34)54(50,52-36-24-14-6-15-25-36)53-37-26-16-7-17-27-37/h3-27,32,38-40H,28-31H2,1-2H3,(H,44,47)(H,45,49)(H,46,48)/t38-,39-,40?/m0/s1. The normalized spacial score (nSPS) is 12.8. The van der Waals surface area contributed by atoms with E-state index in [0.29, 0.717) is 11.5 Å². The highest BCUT2D eigenvalue weighted by Gasteiger charge is 2.42. The van der Waals surface area contributed by atoms with Crippen LogP contribution in [0.3, 0.4) is 0 Å². The van der Waals surface area contributed by atoms with Crippen molar-refractivity contribution < 1.29 is 32.7 Å². The number of amides is 3. The summed E-state index contributed by atoms with van der Waals surface area (Å²) in [5, 5.41) is 8.52. The molecule has 0 fully saturated rings. The van der Waals surface area contributed by atoms with Crippen LogP contribution in [-0.2, 0) is 38.3 Å². The number of nitrogens with one attached hydrogen (secondary N) is 3. The Morgan fingerprint density at radius 2 is 0.963 bits per heavy atom. The molecule has 1 unspecified atom stereocenters. The molecule has 54 heavy (non-hydrogen) atoms. The van der Waals surface area contributed by atoms with E-state index in [1.807, 2.05) is 105 Å². The molecule has 5 aromatic carbocycles. The summed E-state index contributed by atoms with van der Waals surface area (Å²) in [6.45, 7) is 3.87. The summed E-state index contributed by atoms with van der Waals surface area (Å²) < 4.78 is 32.8. The zero-order valence-corrected chi connectivity index (χ0v) is 31.3. The molecular weight excluding hydrogens is 701 g/mol. The first kappa shape index (κ1) is 39.3. The van der Waals surface area contributed by atoms with Gasteiger partial charge in [0, 0.05) is 12.8 Å². The molecule has 0 radical (unpaired) electrons. The lowest BCUT2D eigenvalue weighted by Gasteiger charge is -2.30. The van der Waals surface area contributed by atoms with Crippen molar-refractivity contribution in [1.29, 1.82) is 0 Å². The Morgan fingerprint density at radius 1 is 0.537 bits per heavy atom. The summed E-state index contributed by atoms with van der Waals surface area (Å²) in [7, 11) is -4.24. The van der Waals surface area contributed by atoms with Gasteiger partial charge in [-0.3, -0.25) is 9.59 Å². The minimum absolute atomic E-state index is 0.0176. The molecule has 0 aliphatic rings. The van der Waals surface area contributed by atoms with Crippen molar-refractivity contribution in [2.24, 2.45) is 5.92 Å². The van der Waals surface area contributed by atoms with Crippen LogP contribution in [0.1, 0.15) is 37.0 Å². The van der Waals surface area contributed by atoms with Crippen molar-refractivity contribution in [3.8, 4) is 11.5 Å². The van der Waals surface area contributed by atoms with Crippen molar-refractivity contribution in [2.45, 2.75) is 57.6 Å². The fourth-order valence-electron chi connectivity index (χ4n) is 5.69. The number of ether oxygens (including phenoxy) is 1. The molecule has 0 saturated heterocycles. The number of alkyl carbamates (subject to hydrolysis) is 1. The fraction of sp³-hybridized carbons (Fsp3) is 0.233. The second-order valence-electron chi connectivity index (χ2n) is 13.2. The number of carbonyl (C=O) groups is 3. The summed E-state index contributed by atoms with van der Waals surface area (Å²) in [5.74, 6) is -1.78. The van der Waals surface area contributed by atoms with E-state index in [4.69, 9.17) is 13.8 Å². The minimum atomic E-state index is -4.24. The Bertz CT molecular complexity index is 1910. The molecule has 0 aliphatic heterocycles. The second kappa shape index (κ2) is 19.8. The van der Waals surface area contributed by atoms with Gasteiger partial charge in [-0.15, -0.1) is 0 Å². The van der Waals surface area contributed by atoms with E-state index in [0.717, 1.165) is 16.7 Å². The van der Waals surface area contributed by atoms with Crippen LogP contribution in [0.15, 0.2) is 152 Å². The third-order valence-electron chi connectivity index (χ3n) is 8.36. The fourth-order valence-corrected chi connectivity index (χ4v) is 7.53. The van der Waals surface area contributed by atoms with Gasteiger partial charge in [0.1, 0.15) is 30.2 Å². The number of carbonyl (C=O) groups excluding carboxylic acids is 3. The molecular formula is C43H46N3O7P. The monoisotopic (exact) mass is 747 g/mol. The van der Waals surface area contributed by atoms with E-state index in [9.17, 15) is 14.4 Å². The summed E-state index contributed by atoms with van der Waals surface area (Å²) in [6, 6.07) is 42.8. The zero-order valence-electron chi connectivity index (χ0n) is 30.4. The summed E-state index contributed by atoms with van der Waals surface area (Å²) >= 11 is 0. The largest absolute Gasteiger partial charge is 0.453 e. The Kier molecular flexibility index (Phi) is 14.4. The lowest BCUT2D eigenvalue weighted by molar-refractivity contribution is -0.130. The highest BCUT2D eigenvalue weighted by Crippen LogP contribution is 2.53. The van der Waals surface area contributed by atoms with Crippen LogP contribution in [0, 0.1) is 5.92 Å². The molecule has 0 spiro atoms. The van der Waals surface area contributed by atoms with E-state index >= 15 is 4.57 Å². The number of benzene rings is 5. The number of rotatable bonds is 18. The van der Waals surface area contributed by atoms with Crippen LogP contribution < -0.4 is 25.0 Å². The smallest absolute Gasteiger partial charge is 0.445 e. The lowest BCUT2D eigenvalue weighted by atomic mass is 10.0. The summed E-state index contributed by atoms with van der Waals surface area (Å²) in [5.41, 5.74) is 2.37. The molecule has 5 aromatic rings. The third kappa shape index (κ3) is 12.4. The maximum Gasteiger partial charge on any atom is 0.453 e. The Hall–Kier alpha value is -5.86. The number of hydrogen-bond acceptors (Lipinski definition) is 7. The molecule has 3 N–H and O–H groups in total. The van der Waals surface area contributed by atoms with Crippen molar-refractivity contribution in [2.75, 3.05) is 0 Å². The SMILES string of the molecule is CC(C)C[C@H](NC(=O)[C@H](Cc1ccccc1)NC(=O)OCc1ccccc1)C(=O)NC(Cc1ccccc1)P(=O)(Oc1ccccc1)Oc1ccccc1. The number of para-hydroxylation sites is 2. The van der Waals surface area contributed by atoms with Gasteiger partial charge in [0.05, 0.1) is 0 Å². The summed E-state index contributed by atoms with van der Waals surface area (Å²) in [4.78, 5) is 41.4. The van der Waals surface area contributed by atoms with Gasteiger partial charge < -0.3 is 29.7 Å². The van der Waals surface area contributed by atoms with E-state index in [1.165, 1.54) is 0 Å². The third-order valence-corrected chi connectivity index (χ3v) is 10.4. The van der Waals surface area contributed by atoms with Gasteiger partial charge in [0.2, 0.25) is 11.8 Å². The molecule has 0 heterocycles. The lowest BCUT2D eigenvalue weighted by Crippen LogP contribution is -2.56. The molecule has 0 bridgehead atoms. The van der Waals surface area contributed by atoms with Gasteiger partial charge in [-0.05, 0) is 53.3 Å². The van der Waals surface area contributed by atoms with Gasteiger partial charge in [0.15, 0.2) is 5.78 Å². The highest BCUT2D eigenvalue weighted by molar-refractivity contribution is 7.55. The highest BCUT2D eigenvalue weighted by atomic mass is 31.2. The van der Waals surface area contributed by atoms with Crippen LogP contribution in [0.25, 0.3) is 0 Å². The van der Waals surface area contributed by atoms with Crippen molar-refractivity contribution in [3.63, 3.8) is 0 Å². The van der Waals surface area contributed by atoms with E-state index in [-0.39, 0.29) is 31.8 Å². The van der Waals surface area contributed by atoms with E-state index in [1.54, 1.807) is 60.7 Å². The van der Waals surface area contributed by atoms with Gasteiger partial charge in [-0.25, -0.2) is 9.36 Å². The quantitative estimate of drug-likeness (QED) is 0.0773. The van der Waals surface area contributed by atoms with Crippen molar-refractivity contribution in [1.82, 2.24) is 16.0 Å². The first-order valence-corrected chi connectivity index (χ1v) is 19.5. The molecule has 10 nitrogen and oxygen atoms in total. The van der Waals surface area contributed by atoms with Gasteiger partial charge >= 0.3 is 13.7 Å². The first-order chi connectivity index (χ1) is 26.2. The zero-order chi connectivity index (χ0) is 38.2. The topological polar surface area (TPSA) is 132 Å². The maximum atomic E-state index is 15.0. The van der Waals surface area contributed by atoms with Crippen LogP contribution in [0.5, 0.6) is 11.5 Å². The van der Waals surface area contributed by atoms with Crippen LogP contribution >= 0.6 is 7.60 Å². The van der Waals surface area contributed by atoms with E-state index < -0.39 is 43.4 Å². The maximum absolute atomic E-state index is 15.0. The van der Waals surface area contributed by atoms with E-state index in [2.05, 4.69) is 16.0 Å². The predicted molar refractivity (Wildman–Crippen MR) is 209 cm³/mol. The molecule has 0 saturated carbocycles. The molecule has 0 aliphatic carbocycles. The molecule has 0 aromatic heterocycles. The average molecular weight is 748 g/mol. The minimum Gasteiger partial charge on any atom is -0.445 e. The summed E-state index contributed by atoms with van der Waals surface area (Å²) in [6.07, 6.45) is -0.294. The molecule has 3 atom stereocenters. The molecule has 3 amide bonds. The first-order valence-electron chi connectivity index (χ1n) is 17.9.